The molecule has 0 aromatic rings. The van der Waals surface area contributed by atoms with Crippen LogP contribution in [0, 0.1) is 0 Å². The molecule has 20 heavy (non-hydrogen) atoms. The molecule has 0 radical (unpaired) electrons. The van der Waals surface area contributed by atoms with Crippen molar-refractivity contribution in [3.05, 3.63) is 12.7 Å². The summed E-state index contributed by atoms with van der Waals surface area (Å²) in [7, 11) is 0. The van der Waals surface area contributed by atoms with Gasteiger partial charge in [0.1, 0.15) is 11.4 Å². The molecular formula is C15H28N2O3. The fourth-order valence-electron chi connectivity index (χ4n) is 1.58. The lowest BCUT2D eigenvalue weighted by molar-refractivity contribution is -0.120. The molecule has 0 aliphatic heterocycles. The van der Waals surface area contributed by atoms with E-state index in [9.17, 15) is 9.59 Å². The summed E-state index contributed by atoms with van der Waals surface area (Å²) in [5, 5.41) is 2.68. The Balaban J connectivity index is 3.64. The van der Waals surface area contributed by atoms with E-state index in [1.165, 1.54) is 0 Å². The van der Waals surface area contributed by atoms with Gasteiger partial charge in [0, 0.05) is 13.0 Å². The summed E-state index contributed by atoms with van der Waals surface area (Å²) in [5.41, 5.74) is 5.31. The lowest BCUT2D eigenvalue weighted by Crippen LogP contribution is -2.33. The first-order valence-electron chi connectivity index (χ1n) is 7.12. The first-order chi connectivity index (χ1) is 9.26. The van der Waals surface area contributed by atoms with Crippen molar-refractivity contribution >= 4 is 11.9 Å². The average molecular weight is 284 g/mol. The van der Waals surface area contributed by atoms with Crippen LogP contribution >= 0.6 is 0 Å². The van der Waals surface area contributed by atoms with E-state index in [-0.39, 0.29) is 5.78 Å². The van der Waals surface area contributed by atoms with E-state index in [1.54, 1.807) is 6.08 Å². The second-order valence-electron chi connectivity index (χ2n) is 5.82. The minimum Gasteiger partial charge on any atom is -0.444 e. The molecule has 0 aliphatic rings. The van der Waals surface area contributed by atoms with Crippen molar-refractivity contribution in [3.8, 4) is 0 Å². The summed E-state index contributed by atoms with van der Waals surface area (Å²) in [6.45, 7) is 9.57. The standard InChI is InChI=1S/C15H28N2O3/c1-5-6-10-13(18)12(16)9-7-8-11-17-14(19)20-15(2,3)4/h5,12H,1,6-11,16H2,2-4H3,(H,17,19). The average Bonchev–Trinajstić information content (AvgIpc) is 2.32. The van der Waals surface area contributed by atoms with Gasteiger partial charge in [-0.25, -0.2) is 4.79 Å². The number of Topliss-reactive ketones (excluding diaryl/α,β-unsaturated/α-hetero) is 1. The summed E-state index contributed by atoms with van der Waals surface area (Å²) in [5.74, 6) is 0.0741. The van der Waals surface area contributed by atoms with Gasteiger partial charge in [0.15, 0.2) is 0 Å². The largest absolute Gasteiger partial charge is 0.444 e. The van der Waals surface area contributed by atoms with Crippen LogP contribution in [-0.4, -0.2) is 30.1 Å². The Labute approximate surface area is 121 Å². The number of rotatable bonds is 9. The Morgan fingerprint density at radius 2 is 2.00 bits per heavy atom. The summed E-state index contributed by atoms with van der Waals surface area (Å²) >= 11 is 0. The first-order valence-corrected chi connectivity index (χ1v) is 7.12. The number of ether oxygens (including phenoxy) is 1. The van der Waals surface area contributed by atoms with Crippen molar-refractivity contribution < 1.29 is 14.3 Å². The summed E-state index contributed by atoms with van der Waals surface area (Å²) in [6, 6.07) is -0.406. The molecule has 0 rings (SSSR count). The van der Waals surface area contributed by atoms with Crippen molar-refractivity contribution in [2.75, 3.05) is 6.54 Å². The van der Waals surface area contributed by atoms with Gasteiger partial charge in [-0.3, -0.25) is 4.79 Å². The van der Waals surface area contributed by atoms with Crippen LogP contribution in [0.1, 0.15) is 52.9 Å². The fourth-order valence-corrected chi connectivity index (χ4v) is 1.58. The van der Waals surface area contributed by atoms with E-state index in [2.05, 4.69) is 11.9 Å². The molecule has 0 heterocycles. The SMILES string of the molecule is C=CCCC(=O)C(N)CCCCNC(=O)OC(C)(C)C. The quantitative estimate of drug-likeness (QED) is 0.503. The van der Waals surface area contributed by atoms with Crippen LogP contribution in [0.5, 0.6) is 0 Å². The van der Waals surface area contributed by atoms with Crippen LogP contribution in [0.15, 0.2) is 12.7 Å². The van der Waals surface area contributed by atoms with Crippen LogP contribution in [0.25, 0.3) is 0 Å². The zero-order valence-electron chi connectivity index (χ0n) is 12.9. The minimum absolute atomic E-state index is 0.0741. The predicted octanol–water partition coefficient (Wildman–Crippen LogP) is 2.54. The van der Waals surface area contributed by atoms with E-state index >= 15 is 0 Å². The fraction of sp³-hybridized carbons (Fsp3) is 0.733. The number of hydrogen-bond acceptors (Lipinski definition) is 4. The molecule has 0 aromatic heterocycles. The molecule has 1 amide bonds. The number of amides is 1. The molecule has 0 saturated carbocycles. The number of allylic oxidation sites excluding steroid dienone is 1. The van der Waals surface area contributed by atoms with Gasteiger partial charge in [-0.05, 0) is 46.5 Å². The number of carbonyl (C=O) groups excluding carboxylic acids is 2. The number of hydrogen-bond donors (Lipinski definition) is 2. The van der Waals surface area contributed by atoms with Crippen LogP contribution in [0.4, 0.5) is 4.79 Å². The number of carbonyl (C=O) groups is 2. The highest BCUT2D eigenvalue weighted by Gasteiger charge is 2.15. The maximum Gasteiger partial charge on any atom is 0.407 e. The van der Waals surface area contributed by atoms with Crippen molar-refractivity contribution in [2.45, 2.75) is 64.5 Å². The van der Waals surface area contributed by atoms with Gasteiger partial charge in [-0.1, -0.05) is 6.08 Å². The normalized spacial score (nSPS) is 12.6. The molecule has 1 atom stereocenters. The number of unbranched alkanes of at least 4 members (excludes halogenated alkanes) is 1. The van der Waals surface area contributed by atoms with E-state index in [1.807, 2.05) is 20.8 Å². The number of nitrogens with one attached hydrogen (secondary N) is 1. The molecule has 0 aliphatic carbocycles. The number of ketones is 1. The second-order valence-corrected chi connectivity index (χ2v) is 5.82. The molecule has 5 heteroatoms. The number of alkyl carbamates (subject to hydrolysis) is 1. The zero-order chi connectivity index (χ0) is 15.6. The smallest absolute Gasteiger partial charge is 0.407 e. The Bertz CT molecular complexity index is 322. The van der Waals surface area contributed by atoms with Crippen LogP contribution in [-0.2, 0) is 9.53 Å². The summed E-state index contributed by atoms with van der Waals surface area (Å²) in [4.78, 5) is 22.9. The highest BCUT2D eigenvalue weighted by Crippen LogP contribution is 2.07. The van der Waals surface area contributed by atoms with Gasteiger partial charge < -0.3 is 15.8 Å². The Kier molecular flexibility index (Phi) is 8.88. The predicted molar refractivity (Wildman–Crippen MR) is 80.5 cm³/mol. The molecule has 5 nitrogen and oxygen atoms in total. The van der Waals surface area contributed by atoms with Gasteiger partial charge in [0.2, 0.25) is 0 Å². The molecule has 1 unspecified atom stereocenters. The molecule has 0 aromatic carbocycles. The van der Waals surface area contributed by atoms with Crippen molar-refractivity contribution in [2.24, 2.45) is 5.73 Å². The summed E-state index contributed by atoms with van der Waals surface area (Å²) < 4.78 is 5.11. The van der Waals surface area contributed by atoms with Gasteiger partial charge >= 0.3 is 6.09 Å². The maximum atomic E-state index is 11.6. The third kappa shape index (κ3) is 10.6. The molecule has 3 N–H and O–H groups in total. The molecule has 116 valence electrons. The molecule has 0 fully saturated rings. The third-order valence-corrected chi connectivity index (χ3v) is 2.62. The molecule has 0 saturated heterocycles. The Morgan fingerprint density at radius 3 is 2.55 bits per heavy atom. The molecule has 0 spiro atoms. The monoisotopic (exact) mass is 284 g/mol. The van der Waals surface area contributed by atoms with Gasteiger partial charge in [0.05, 0.1) is 6.04 Å². The van der Waals surface area contributed by atoms with E-state index in [0.717, 1.165) is 12.8 Å². The topological polar surface area (TPSA) is 81.4 Å². The molecular weight excluding hydrogens is 256 g/mol. The lowest BCUT2D eigenvalue weighted by atomic mass is 10.0. The highest BCUT2D eigenvalue weighted by molar-refractivity contribution is 5.83. The highest BCUT2D eigenvalue weighted by atomic mass is 16.6. The first kappa shape index (κ1) is 18.6. The van der Waals surface area contributed by atoms with E-state index < -0.39 is 17.7 Å². The minimum atomic E-state index is -0.482. The Hall–Kier alpha value is -1.36. The summed E-state index contributed by atoms with van der Waals surface area (Å²) in [6.07, 6.45) is 4.66. The zero-order valence-corrected chi connectivity index (χ0v) is 12.9. The van der Waals surface area contributed by atoms with Crippen molar-refractivity contribution in [3.63, 3.8) is 0 Å². The van der Waals surface area contributed by atoms with Crippen LogP contribution < -0.4 is 11.1 Å². The van der Waals surface area contributed by atoms with E-state index in [0.29, 0.717) is 25.8 Å². The Morgan fingerprint density at radius 1 is 1.35 bits per heavy atom. The molecule has 0 bridgehead atoms. The van der Waals surface area contributed by atoms with Gasteiger partial charge in [0.25, 0.3) is 0 Å². The maximum absolute atomic E-state index is 11.6. The van der Waals surface area contributed by atoms with Gasteiger partial charge in [-0.15, -0.1) is 6.58 Å². The number of nitrogens with two attached hydrogens (primary N) is 1. The van der Waals surface area contributed by atoms with Crippen molar-refractivity contribution in [1.29, 1.82) is 0 Å². The van der Waals surface area contributed by atoms with Crippen molar-refractivity contribution in [1.82, 2.24) is 5.32 Å². The van der Waals surface area contributed by atoms with Gasteiger partial charge in [-0.2, -0.15) is 0 Å². The second kappa shape index (κ2) is 9.53. The van der Waals surface area contributed by atoms with Crippen LogP contribution in [0.3, 0.4) is 0 Å². The lowest BCUT2D eigenvalue weighted by Gasteiger charge is -2.19. The van der Waals surface area contributed by atoms with Crippen LogP contribution in [0.2, 0.25) is 0 Å². The third-order valence-electron chi connectivity index (χ3n) is 2.62. The van der Waals surface area contributed by atoms with E-state index in [4.69, 9.17) is 10.5 Å².